The van der Waals surface area contributed by atoms with Gasteiger partial charge in [-0.2, -0.15) is 0 Å². The van der Waals surface area contributed by atoms with E-state index in [0.717, 1.165) is 0 Å². The lowest BCUT2D eigenvalue weighted by Gasteiger charge is -2.24. The molecular weight excluding hydrogens is 235 g/mol. The topological polar surface area (TPSA) is 43.8 Å². The first kappa shape index (κ1) is 14.4. The van der Waals surface area contributed by atoms with Crippen LogP contribution >= 0.6 is 0 Å². The number of likely N-dealkylation sites (N-methyl/N-ethyl adjacent to an activating group) is 2. The van der Waals surface area contributed by atoms with Crippen molar-refractivity contribution in [2.75, 3.05) is 32.6 Å². The Morgan fingerprint density at radius 1 is 1.39 bits per heavy atom. The highest BCUT2D eigenvalue weighted by Crippen LogP contribution is 2.28. The van der Waals surface area contributed by atoms with Gasteiger partial charge < -0.3 is 14.9 Å². The van der Waals surface area contributed by atoms with Gasteiger partial charge in [0.1, 0.15) is 5.82 Å². The molecule has 1 amide bonds. The lowest BCUT2D eigenvalue weighted by Crippen LogP contribution is -2.35. The molecule has 0 saturated heterocycles. The molecule has 0 aliphatic heterocycles. The number of nitrogens with zero attached hydrogens (tertiary/aromatic N) is 2. The molecule has 4 nitrogen and oxygen atoms in total. The van der Waals surface area contributed by atoms with E-state index in [1.807, 2.05) is 0 Å². The Morgan fingerprint density at radius 3 is 2.50 bits per heavy atom. The zero-order chi connectivity index (χ0) is 13.9. The summed E-state index contributed by atoms with van der Waals surface area (Å²) in [6.45, 7) is 1.64. The van der Waals surface area contributed by atoms with Crippen molar-refractivity contribution in [3.05, 3.63) is 29.6 Å². The minimum atomic E-state index is -0.918. The van der Waals surface area contributed by atoms with Crippen molar-refractivity contribution >= 4 is 11.6 Å². The number of carbonyl (C=O) groups is 1. The maximum absolute atomic E-state index is 13.7. The Hall–Kier alpha value is -1.62. The van der Waals surface area contributed by atoms with E-state index in [4.69, 9.17) is 0 Å². The number of rotatable bonds is 4. The van der Waals surface area contributed by atoms with Crippen LogP contribution in [0.5, 0.6) is 0 Å². The molecule has 1 N–H and O–H groups in total. The summed E-state index contributed by atoms with van der Waals surface area (Å²) < 4.78 is 13.7. The molecule has 0 spiro atoms. The molecule has 18 heavy (non-hydrogen) atoms. The van der Waals surface area contributed by atoms with E-state index >= 15 is 0 Å². The van der Waals surface area contributed by atoms with Gasteiger partial charge in [-0.1, -0.05) is 6.07 Å². The summed E-state index contributed by atoms with van der Waals surface area (Å²) >= 11 is 0. The molecule has 0 bridgehead atoms. The predicted octanol–water partition coefficient (Wildman–Crippen LogP) is 1.40. The van der Waals surface area contributed by atoms with E-state index in [1.54, 1.807) is 38.2 Å². The SMILES string of the molecule is CC(O)c1c(F)cccc1N(C)CC(=O)N(C)C. The van der Waals surface area contributed by atoms with E-state index in [0.29, 0.717) is 5.69 Å². The third-order valence-corrected chi connectivity index (χ3v) is 2.73. The first-order valence-electron chi connectivity index (χ1n) is 5.72. The van der Waals surface area contributed by atoms with Crippen molar-refractivity contribution < 1.29 is 14.3 Å². The van der Waals surface area contributed by atoms with Crippen molar-refractivity contribution in [3.63, 3.8) is 0 Å². The standard InChI is InChI=1S/C13H19FN2O2/c1-9(17)13-10(14)6-5-7-11(13)16(4)8-12(18)15(2)3/h5-7,9,17H,8H2,1-4H3. The van der Waals surface area contributed by atoms with Gasteiger partial charge in [0.25, 0.3) is 0 Å². The van der Waals surface area contributed by atoms with Crippen LogP contribution in [0.2, 0.25) is 0 Å². The Morgan fingerprint density at radius 2 is 2.00 bits per heavy atom. The Balaban J connectivity index is 3.02. The third-order valence-electron chi connectivity index (χ3n) is 2.73. The average molecular weight is 254 g/mol. The highest BCUT2D eigenvalue weighted by atomic mass is 19.1. The number of hydrogen-bond donors (Lipinski definition) is 1. The number of benzene rings is 1. The van der Waals surface area contributed by atoms with Crippen molar-refractivity contribution in [2.24, 2.45) is 0 Å². The fraction of sp³-hybridized carbons (Fsp3) is 0.462. The average Bonchev–Trinajstić information content (AvgIpc) is 2.27. The molecule has 100 valence electrons. The van der Waals surface area contributed by atoms with Gasteiger partial charge in [0, 0.05) is 32.4 Å². The van der Waals surface area contributed by atoms with Gasteiger partial charge in [0.05, 0.1) is 12.6 Å². The Bertz CT molecular complexity index is 433. The third kappa shape index (κ3) is 3.20. The highest BCUT2D eigenvalue weighted by molar-refractivity contribution is 5.81. The molecule has 0 saturated carbocycles. The quantitative estimate of drug-likeness (QED) is 0.883. The van der Waals surface area contributed by atoms with Crippen LogP contribution in [0.25, 0.3) is 0 Å². The molecule has 0 aliphatic rings. The molecule has 5 heteroatoms. The number of halogens is 1. The van der Waals surface area contributed by atoms with Crippen LogP contribution in [0.3, 0.4) is 0 Å². The molecule has 1 aromatic rings. The first-order valence-corrected chi connectivity index (χ1v) is 5.72. The highest BCUT2D eigenvalue weighted by Gasteiger charge is 2.18. The fourth-order valence-corrected chi connectivity index (χ4v) is 1.70. The number of anilines is 1. The maximum atomic E-state index is 13.7. The molecule has 0 radical (unpaired) electrons. The molecule has 0 aromatic heterocycles. The maximum Gasteiger partial charge on any atom is 0.241 e. The van der Waals surface area contributed by atoms with Crippen molar-refractivity contribution in [3.8, 4) is 0 Å². The first-order chi connectivity index (χ1) is 8.34. The monoisotopic (exact) mass is 254 g/mol. The lowest BCUT2D eigenvalue weighted by molar-refractivity contribution is -0.127. The van der Waals surface area contributed by atoms with Gasteiger partial charge in [-0.25, -0.2) is 4.39 Å². The minimum absolute atomic E-state index is 0.0849. The summed E-state index contributed by atoms with van der Waals surface area (Å²) in [4.78, 5) is 14.7. The summed E-state index contributed by atoms with van der Waals surface area (Å²) in [5.41, 5.74) is 0.742. The number of aliphatic hydroxyl groups is 1. The molecule has 1 aromatic carbocycles. The molecule has 0 fully saturated rings. The van der Waals surface area contributed by atoms with Crippen molar-refractivity contribution in [1.82, 2.24) is 4.90 Å². The summed E-state index contributed by atoms with van der Waals surface area (Å²) in [6.07, 6.45) is -0.918. The lowest BCUT2D eigenvalue weighted by atomic mass is 10.1. The summed E-state index contributed by atoms with van der Waals surface area (Å²) in [6, 6.07) is 4.55. The summed E-state index contributed by atoms with van der Waals surface area (Å²) in [5, 5.41) is 9.62. The summed E-state index contributed by atoms with van der Waals surface area (Å²) in [5.74, 6) is -0.551. The number of aliphatic hydroxyl groups excluding tert-OH is 1. The fourth-order valence-electron chi connectivity index (χ4n) is 1.70. The van der Waals surface area contributed by atoms with E-state index in [2.05, 4.69) is 0 Å². The minimum Gasteiger partial charge on any atom is -0.389 e. The van der Waals surface area contributed by atoms with Gasteiger partial charge in [0.15, 0.2) is 0 Å². The Kier molecular flexibility index (Phi) is 4.67. The van der Waals surface area contributed by atoms with E-state index in [-0.39, 0.29) is 18.0 Å². The van der Waals surface area contributed by atoms with Crippen molar-refractivity contribution in [1.29, 1.82) is 0 Å². The van der Waals surface area contributed by atoms with E-state index < -0.39 is 11.9 Å². The largest absolute Gasteiger partial charge is 0.389 e. The number of amides is 1. The van der Waals surface area contributed by atoms with Crippen molar-refractivity contribution in [2.45, 2.75) is 13.0 Å². The van der Waals surface area contributed by atoms with Gasteiger partial charge in [-0.05, 0) is 19.1 Å². The number of hydrogen-bond acceptors (Lipinski definition) is 3. The predicted molar refractivity (Wildman–Crippen MR) is 69.0 cm³/mol. The number of carbonyl (C=O) groups excluding carboxylic acids is 1. The van der Waals surface area contributed by atoms with Gasteiger partial charge in [0.2, 0.25) is 5.91 Å². The molecule has 1 rings (SSSR count). The van der Waals surface area contributed by atoms with Gasteiger partial charge in [-0.3, -0.25) is 4.79 Å². The normalized spacial score (nSPS) is 12.1. The van der Waals surface area contributed by atoms with E-state index in [9.17, 15) is 14.3 Å². The van der Waals surface area contributed by atoms with Crippen LogP contribution in [0, 0.1) is 5.82 Å². The summed E-state index contributed by atoms with van der Waals surface area (Å²) in [7, 11) is 5.02. The molecular formula is C13H19FN2O2. The molecule has 0 heterocycles. The van der Waals surface area contributed by atoms with Crippen LogP contribution < -0.4 is 4.90 Å². The van der Waals surface area contributed by atoms with Gasteiger partial charge in [-0.15, -0.1) is 0 Å². The van der Waals surface area contributed by atoms with Crippen LogP contribution in [-0.2, 0) is 4.79 Å². The molecule has 1 unspecified atom stereocenters. The smallest absolute Gasteiger partial charge is 0.241 e. The van der Waals surface area contributed by atoms with Crippen LogP contribution in [0.15, 0.2) is 18.2 Å². The second kappa shape index (κ2) is 5.82. The van der Waals surface area contributed by atoms with Crippen LogP contribution in [-0.4, -0.2) is 43.6 Å². The van der Waals surface area contributed by atoms with Crippen LogP contribution in [0.4, 0.5) is 10.1 Å². The molecule has 1 atom stereocenters. The second-order valence-electron chi connectivity index (χ2n) is 4.49. The van der Waals surface area contributed by atoms with Gasteiger partial charge >= 0.3 is 0 Å². The Labute approximate surface area is 107 Å². The zero-order valence-electron chi connectivity index (χ0n) is 11.1. The second-order valence-corrected chi connectivity index (χ2v) is 4.49. The zero-order valence-corrected chi connectivity index (χ0v) is 11.1. The molecule has 0 aliphatic carbocycles. The van der Waals surface area contributed by atoms with Crippen LogP contribution in [0.1, 0.15) is 18.6 Å². The van der Waals surface area contributed by atoms with E-state index in [1.165, 1.54) is 17.9 Å².